The summed E-state index contributed by atoms with van der Waals surface area (Å²) in [5, 5.41) is 20.6. The summed E-state index contributed by atoms with van der Waals surface area (Å²) in [5.41, 5.74) is 8.46. The summed E-state index contributed by atoms with van der Waals surface area (Å²) in [6.45, 7) is 2.34. The average Bonchev–Trinajstić information content (AvgIpc) is 2.68. The Balaban J connectivity index is 2.23. The maximum Gasteiger partial charge on any atom is 0.270 e. The molecule has 0 aliphatic carbocycles. The quantitative estimate of drug-likeness (QED) is 0.539. The molecule has 0 bridgehead atoms. The number of hydrogen-bond acceptors (Lipinski definition) is 6. The number of nitrogens with zero attached hydrogens (tertiary/aromatic N) is 3. The molecule has 0 amide bonds. The number of benzene rings is 2. The molecule has 0 saturated carbocycles. The summed E-state index contributed by atoms with van der Waals surface area (Å²) >= 11 is 0. The molecular formula is C20H16N4O3. The standard InChI is InChI=1S/C20H16N4O3/c1-2-27-19-9-4-3-8-15(19)16-11-18(23-20(22)17(16)12-21)13-6-5-7-14(10-13)24(25)26/h3-11H,2H2,1H3,(H2,22,23). The monoisotopic (exact) mass is 360 g/mol. The number of para-hydroxylation sites is 1. The van der Waals surface area contributed by atoms with Crippen LogP contribution in [-0.2, 0) is 0 Å². The normalized spacial score (nSPS) is 10.2. The van der Waals surface area contributed by atoms with E-state index in [0.717, 1.165) is 0 Å². The molecule has 0 atom stereocenters. The fraction of sp³-hybridized carbons (Fsp3) is 0.100. The molecule has 1 heterocycles. The third-order valence-corrected chi connectivity index (χ3v) is 3.99. The van der Waals surface area contributed by atoms with Gasteiger partial charge in [0.15, 0.2) is 0 Å². The number of anilines is 1. The van der Waals surface area contributed by atoms with E-state index in [2.05, 4.69) is 11.1 Å². The van der Waals surface area contributed by atoms with Gasteiger partial charge in [-0.3, -0.25) is 10.1 Å². The first-order chi connectivity index (χ1) is 13.0. The largest absolute Gasteiger partial charge is 0.493 e. The van der Waals surface area contributed by atoms with Crippen LogP contribution in [0.2, 0.25) is 0 Å². The van der Waals surface area contributed by atoms with Gasteiger partial charge in [-0.1, -0.05) is 30.3 Å². The van der Waals surface area contributed by atoms with Crippen molar-refractivity contribution in [2.75, 3.05) is 12.3 Å². The SMILES string of the molecule is CCOc1ccccc1-c1cc(-c2cccc([N+](=O)[O-])c2)nc(N)c1C#N. The van der Waals surface area contributed by atoms with Crippen molar-refractivity contribution in [1.29, 1.82) is 5.26 Å². The highest BCUT2D eigenvalue weighted by Crippen LogP contribution is 2.36. The third-order valence-electron chi connectivity index (χ3n) is 3.99. The lowest BCUT2D eigenvalue weighted by Crippen LogP contribution is -2.01. The molecule has 134 valence electrons. The molecule has 27 heavy (non-hydrogen) atoms. The lowest BCUT2D eigenvalue weighted by molar-refractivity contribution is -0.384. The van der Waals surface area contributed by atoms with E-state index in [1.807, 2.05) is 31.2 Å². The summed E-state index contributed by atoms with van der Waals surface area (Å²) in [6, 6.07) is 17.2. The molecule has 3 rings (SSSR count). The zero-order chi connectivity index (χ0) is 19.4. The Hall–Kier alpha value is -3.92. The summed E-state index contributed by atoms with van der Waals surface area (Å²) < 4.78 is 5.67. The van der Waals surface area contributed by atoms with Gasteiger partial charge in [0.2, 0.25) is 0 Å². The van der Waals surface area contributed by atoms with Crippen LogP contribution in [-0.4, -0.2) is 16.5 Å². The van der Waals surface area contributed by atoms with Gasteiger partial charge in [0, 0.05) is 28.8 Å². The predicted molar refractivity (Wildman–Crippen MR) is 102 cm³/mol. The second kappa shape index (κ2) is 7.54. The Bertz CT molecular complexity index is 1060. The number of nitrogen functional groups attached to an aromatic ring is 1. The molecule has 0 unspecified atom stereocenters. The van der Waals surface area contributed by atoms with Gasteiger partial charge in [-0.15, -0.1) is 0 Å². The molecule has 0 radical (unpaired) electrons. The minimum Gasteiger partial charge on any atom is -0.493 e. The fourth-order valence-corrected chi connectivity index (χ4v) is 2.79. The summed E-state index contributed by atoms with van der Waals surface area (Å²) in [7, 11) is 0. The third kappa shape index (κ3) is 3.55. The molecule has 2 aromatic carbocycles. The zero-order valence-electron chi connectivity index (χ0n) is 14.5. The second-order valence-electron chi connectivity index (χ2n) is 5.66. The highest BCUT2D eigenvalue weighted by molar-refractivity contribution is 5.83. The van der Waals surface area contributed by atoms with Gasteiger partial charge < -0.3 is 10.5 Å². The Kier molecular flexibility index (Phi) is 4.99. The number of aromatic nitrogens is 1. The lowest BCUT2D eigenvalue weighted by Gasteiger charge is -2.14. The van der Waals surface area contributed by atoms with Crippen molar-refractivity contribution in [3.05, 3.63) is 70.3 Å². The summed E-state index contributed by atoms with van der Waals surface area (Å²) in [4.78, 5) is 14.9. The molecule has 0 aliphatic heterocycles. The number of nitro groups is 1. The second-order valence-corrected chi connectivity index (χ2v) is 5.66. The van der Waals surface area contributed by atoms with Gasteiger partial charge in [0.1, 0.15) is 23.2 Å². The number of rotatable bonds is 5. The number of nitriles is 1. The Labute approximate surface area is 155 Å². The first-order valence-electron chi connectivity index (χ1n) is 8.22. The number of non-ortho nitro benzene ring substituents is 1. The molecule has 7 heteroatoms. The summed E-state index contributed by atoms with van der Waals surface area (Å²) in [5.74, 6) is 0.676. The first-order valence-corrected chi connectivity index (χ1v) is 8.22. The maximum atomic E-state index is 11.1. The average molecular weight is 360 g/mol. The molecule has 0 spiro atoms. The van der Waals surface area contributed by atoms with Gasteiger partial charge in [-0.2, -0.15) is 5.26 Å². The van der Waals surface area contributed by atoms with Crippen LogP contribution in [0.15, 0.2) is 54.6 Å². The smallest absolute Gasteiger partial charge is 0.270 e. The van der Waals surface area contributed by atoms with Crippen molar-refractivity contribution in [2.24, 2.45) is 0 Å². The molecule has 0 saturated heterocycles. The van der Waals surface area contributed by atoms with E-state index < -0.39 is 4.92 Å². The molecule has 0 fully saturated rings. The van der Waals surface area contributed by atoms with Crippen molar-refractivity contribution in [1.82, 2.24) is 4.98 Å². The molecule has 0 aliphatic rings. The predicted octanol–water partition coefficient (Wildman–Crippen LogP) is 4.18. The van der Waals surface area contributed by atoms with Crippen LogP contribution >= 0.6 is 0 Å². The highest BCUT2D eigenvalue weighted by atomic mass is 16.6. The fourth-order valence-electron chi connectivity index (χ4n) is 2.79. The molecule has 1 aromatic heterocycles. The van der Waals surface area contributed by atoms with Crippen LogP contribution in [0.3, 0.4) is 0 Å². The van der Waals surface area contributed by atoms with Crippen molar-refractivity contribution in [3.63, 3.8) is 0 Å². The number of pyridine rings is 1. The van der Waals surface area contributed by atoms with E-state index in [1.54, 1.807) is 18.2 Å². The number of nitro benzene ring substituents is 1. The highest BCUT2D eigenvalue weighted by Gasteiger charge is 2.17. The minimum absolute atomic E-state index is 0.0477. The lowest BCUT2D eigenvalue weighted by atomic mass is 9.97. The van der Waals surface area contributed by atoms with Crippen LogP contribution in [0.25, 0.3) is 22.4 Å². The van der Waals surface area contributed by atoms with Gasteiger partial charge in [0.25, 0.3) is 5.69 Å². The van der Waals surface area contributed by atoms with E-state index in [4.69, 9.17) is 10.5 Å². The molecule has 7 nitrogen and oxygen atoms in total. The van der Waals surface area contributed by atoms with Gasteiger partial charge in [0.05, 0.1) is 17.2 Å². The van der Waals surface area contributed by atoms with Crippen LogP contribution in [0, 0.1) is 21.4 Å². The number of nitrogens with two attached hydrogens (primary N) is 1. The van der Waals surface area contributed by atoms with Crippen molar-refractivity contribution >= 4 is 11.5 Å². The van der Waals surface area contributed by atoms with E-state index in [9.17, 15) is 15.4 Å². The van der Waals surface area contributed by atoms with E-state index in [1.165, 1.54) is 12.1 Å². The Morgan fingerprint density at radius 2 is 1.96 bits per heavy atom. The van der Waals surface area contributed by atoms with E-state index >= 15 is 0 Å². The maximum absolute atomic E-state index is 11.1. The van der Waals surface area contributed by atoms with Crippen LogP contribution in [0.4, 0.5) is 11.5 Å². The van der Waals surface area contributed by atoms with Gasteiger partial charge in [-0.25, -0.2) is 4.98 Å². The first kappa shape index (κ1) is 17.9. The van der Waals surface area contributed by atoms with E-state index in [0.29, 0.717) is 34.7 Å². The number of hydrogen-bond donors (Lipinski definition) is 1. The van der Waals surface area contributed by atoms with Crippen molar-refractivity contribution in [2.45, 2.75) is 6.92 Å². The van der Waals surface area contributed by atoms with E-state index in [-0.39, 0.29) is 17.1 Å². The van der Waals surface area contributed by atoms with Gasteiger partial charge >= 0.3 is 0 Å². The zero-order valence-corrected chi connectivity index (χ0v) is 14.5. The van der Waals surface area contributed by atoms with Crippen molar-refractivity contribution < 1.29 is 9.66 Å². The summed E-state index contributed by atoms with van der Waals surface area (Å²) in [6.07, 6.45) is 0. The Morgan fingerprint density at radius 3 is 2.67 bits per heavy atom. The minimum atomic E-state index is -0.470. The van der Waals surface area contributed by atoms with Gasteiger partial charge in [-0.05, 0) is 19.1 Å². The number of ether oxygens (including phenoxy) is 1. The molecular weight excluding hydrogens is 344 g/mol. The van der Waals surface area contributed by atoms with Crippen LogP contribution in [0.5, 0.6) is 5.75 Å². The topological polar surface area (TPSA) is 115 Å². The van der Waals surface area contributed by atoms with Crippen molar-refractivity contribution in [3.8, 4) is 34.2 Å². The molecule has 3 aromatic rings. The van der Waals surface area contributed by atoms with Crippen LogP contribution in [0.1, 0.15) is 12.5 Å². The Morgan fingerprint density at radius 1 is 1.19 bits per heavy atom. The molecule has 2 N–H and O–H groups in total. The van der Waals surface area contributed by atoms with Crippen LogP contribution < -0.4 is 10.5 Å².